The second-order valence-electron chi connectivity index (χ2n) is 5.84. The van der Waals surface area contributed by atoms with Gasteiger partial charge in [-0.1, -0.05) is 32.0 Å². The average molecular weight is 278 g/mol. The highest BCUT2D eigenvalue weighted by molar-refractivity contribution is 5.32. The zero-order valence-electron chi connectivity index (χ0n) is 13.5. The Morgan fingerprint density at radius 1 is 1.20 bits per heavy atom. The van der Waals surface area contributed by atoms with Crippen LogP contribution in [0.5, 0.6) is 5.75 Å². The van der Waals surface area contributed by atoms with Crippen LogP contribution < -0.4 is 10.1 Å². The fraction of sp³-hybridized carbons (Fsp3) is 0.647. The summed E-state index contributed by atoms with van der Waals surface area (Å²) in [7, 11) is 3.89. The van der Waals surface area contributed by atoms with Crippen molar-refractivity contribution in [3.05, 3.63) is 29.8 Å². The molecule has 0 saturated heterocycles. The first-order chi connectivity index (χ1) is 9.63. The standard InChI is InChI=1S/C17H30N2O/c1-15(2)8-7-11-18-12-13-19(3)14-16-9-5-6-10-17(16)20-4/h5-6,9-10,15,18H,7-8,11-14H2,1-4H3. The highest BCUT2D eigenvalue weighted by Gasteiger charge is 2.05. The van der Waals surface area contributed by atoms with Crippen LogP contribution in [0, 0.1) is 5.92 Å². The molecule has 1 N–H and O–H groups in total. The van der Waals surface area contributed by atoms with Gasteiger partial charge in [0.1, 0.15) is 5.75 Å². The minimum Gasteiger partial charge on any atom is -0.496 e. The molecule has 0 aliphatic carbocycles. The first-order valence-corrected chi connectivity index (χ1v) is 7.64. The van der Waals surface area contributed by atoms with Crippen LogP contribution in [-0.4, -0.2) is 38.7 Å². The monoisotopic (exact) mass is 278 g/mol. The fourth-order valence-electron chi connectivity index (χ4n) is 2.23. The molecule has 1 aromatic carbocycles. The topological polar surface area (TPSA) is 24.5 Å². The Kier molecular flexibility index (Phi) is 8.31. The Labute approximate surface area is 124 Å². The molecule has 1 rings (SSSR count). The van der Waals surface area contributed by atoms with Gasteiger partial charge < -0.3 is 15.0 Å². The number of likely N-dealkylation sites (N-methyl/N-ethyl adjacent to an activating group) is 1. The van der Waals surface area contributed by atoms with E-state index in [1.165, 1.54) is 18.4 Å². The lowest BCUT2D eigenvalue weighted by molar-refractivity contribution is 0.314. The van der Waals surface area contributed by atoms with Crippen molar-refractivity contribution < 1.29 is 4.74 Å². The summed E-state index contributed by atoms with van der Waals surface area (Å²) >= 11 is 0. The van der Waals surface area contributed by atoms with Crippen molar-refractivity contribution >= 4 is 0 Å². The van der Waals surface area contributed by atoms with Crippen molar-refractivity contribution in [2.45, 2.75) is 33.2 Å². The van der Waals surface area contributed by atoms with Crippen molar-refractivity contribution in [2.24, 2.45) is 5.92 Å². The number of hydrogen-bond donors (Lipinski definition) is 1. The summed E-state index contributed by atoms with van der Waals surface area (Å²) in [4.78, 5) is 2.33. The minimum absolute atomic E-state index is 0.810. The fourth-order valence-corrected chi connectivity index (χ4v) is 2.23. The number of hydrogen-bond acceptors (Lipinski definition) is 3. The van der Waals surface area contributed by atoms with E-state index < -0.39 is 0 Å². The summed E-state index contributed by atoms with van der Waals surface area (Å²) in [6.45, 7) is 8.71. The van der Waals surface area contributed by atoms with Crippen molar-refractivity contribution in [3.8, 4) is 5.75 Å². The van der Waals surface area contributed by atoms with Crippen LogP contribution in [0.1, 0.15) is 32.3 Å². The van der Waals surface area contributed by atoms with E-state index in [0.29, 0.717) is 0 Å². The maximum Gasteiger partial charge on any atom is 0.123 e. The van der Waals surface area contributed by atoms with E-state index in [1.807, 2.05) is 12.1 Å². The van der Waals surface area contributed by atoms with Crippen LogP contribution in [0.4, 0.5) is 0 Å². The van der Waals surface area contributed by atoms with E-state index in [2.05, 4.69) is 43.2 Å². The molecule has 0 atom stereocenters. The van der Waals surface area contributed by atoms with Crippen LogP contribution in [0.15, 0.2) is 24.3 Å². The lowest BCUT2D eigenvalue weighted by Crippen LogP contribution is -2.29. The quantitative estimate of drug-likeness (QED) is 0.665. The molecule has 0 unspecified atom stereocenters. The van der Waals surface area contributed by atoms with E-state index >= 15 is 0 Å². The van der Waals surface area contributed by atoms with Gasteiger partial charge in [-0.25, -0.2) is 0 Å². The highest BCUT2D eigenvalue weighted by Crippen LogP contribution is 2.18. The van der Waals surface area contributed by atoms with Gasteiger partial charge in [0, 0.05) is 25.2 Å². The molecule has 3 heteroatoms. The van der Waals surface area contributed by atoms with Gasteiger partial charge in [-0.2, -0.15) is 0 Å². The molecule has 20 heavy (non-hydrogen) atoms. The Hall–Kier alpha value is -1.06. The number of nitrogens with one attached hydrogen (secondary N) is 1. The number of para-hydroxylation sites is 1. The van der Waals surface area contributed by atoms with Crippen molar-refractivity contribution in [3.63, 3.8) is 0 Å². The molecule has 0 heterocycles. The third kappa shape index (κ3) is 6.92. The Morgan fingerprint density at radius 3 is 2.65 bits per heavy atom. The minimum atomic E-state index is 0.810. The smallest absolute Gasteiger partial charge is 0.123 e. The largest absolute Gasteiger partial charge is 0.496 e. The number of methoxy groups -OCH3 is 1. The Balaban J connectivity index is 2.18. The third-order valence-electron chi connectivity index (χ3n) is 3.44. The van der Waals surface area contributed by atoms with E-state index in [1.54, 1.807) is 7.11 Å². The number of ether oxygens (including phenoxy) is 1. The van der Waals surface area contributed by atoms with Gasteiger partial charge in [0.05, 0.1) is 7.11 Å². The molecule has 1 aromatic rings. The number of benzene rings is 1. The van der Waals surface area contributed by atoms with Gasteiger partial charge in [0.25, 0.3) is 0 Å². The third-order valence-corrected chi connectivity index (χ3v) is 3.44. The molecule has 0 saturated carbocycles. The molecule has 0 aliphatic heterocycles. The Morgan fingerprint density at radius 2 is 1.95 bits per heavy atom. The number of nitrogens with zero attached hydrogens (tertiary/aromatic N) is 1. The lowest BCUT2D eigenvalue weighted by atomic mass is 10.1. The first-order valence-electron chi connectivity index (χ1n) is 7.64. The first kappa shape index (κ1) is 17.0. The van der Waals surface area contributed by atoms with Crippen LogP contribution in [0.25, 0.3) is 0 Å². The van der Waals surface area contributed by atoms with Crippen LogP contribution in [0.3, 0.4) is 0 Å². The zero-order valence-corrected chi connectivity index (χ0v) is 13.5. The second kappa shape index (κ2) is 9.78. The summed E-state index contributed by atoms with van der Waals surface area (Å²) in [5.41, 5.74) is 1.25. The molecule has 0 amide bonds. The van der Waals surface area contributed by atoms with Crippen LogP contribution in [-0.2, 0) is 6.54 Å². The average Bonchev–Trinajstić information content (AvgIpc) is 2.43. The van der Waals surface area contributed by atoms with E-state index in [9.17, 15) is 0 Å². The summed E-state index contributed by atoms with van der Waals surface area (Å²) in [6, 6.07) is 8.23. The molecule has 3 nitrogen and oxygen atoms in total. The predicted molar refractivity (Wildman–Crippen MR) is 86.3 cm³/mol. The molecule has 0 radical (unpaired) electrons. The Bertz CT molecular complexity index is 366. The predicted octanol–water partition coefficient (Wildman–Crippen LogP) is 3.15. The lowest BCUT2D eigenvalue weighted by Gasteiger charge is -2.18. The maximum atomic E-state index is 5.38. The molecule has 0 aliphatic rings. The number of rotatable bonds is 10. The molecular weight excluding hydrogens is 248 g/mol. The highest BCUT2D eigenvalue weighted by atomic mass is 16.5. The summed E-state index contributed by atoms with van der Waals surface area (Å²) in [5.74, 6) is 1.79. The molecule has 0 bridgehead atoms. The van der Waals surface area contributed by atoms with Crippen LogP contribution >= 0.6 is 0 Å². The van der Waals surface area contributed by atoms with E-state index in [4.69, 9.17) is 4.74 Å². The van der Waals surface area contributed by atoms with Crippen molar-refractivity contribution in [2.75, 3.05) is 33.8 Å². The molecule has 0 spiro atoms. The van der Waals surface area contributed by atoms with E-state index in [-0.39, 0.29) is 0 Å². The van der Waals surface area contributed by atoms with Crippen LogP contribution in [0.2, 0.25) is 0 Å². The van der Waals surface area contributed by atoms with Gasteiger partial charge in [0.2, 0.25) is 0 Å². The SMILES string of the molecule is COc1ccccc1CN(C)CCNCCCC(C)C. The maximum absolute atomic E-state index is 5.38. The molecule has 0 aromatic heterocycles. The molecule has 114 valence electrons. The van der Waals surface area contributed by atoms with Crippen molar-refractivity contribution in [1.82, 2.24) is 10.2 Å². The summed E-state index contributed by atoms with van der Waals surface area (Å²) in [5, 5.41) is 3.51. The second-order valence-corrected chi connectivity index (χ2v) is 5.84. The van der Waals surface area contributed by atoms with Crippen molar-refractivity contribution in [1.29, 1.82) is 0 Å². The molecule has 0 fully saturated rings. The van der Waals surface area contributed by atoms with Gasteiger partial charge in [-0.3, -0.25) is 0 Å². The van der Waals surface area contributed by atoms with Gasteiger partial charge in [0.15, 0.2) is 0 Å². The molecular formula is C17H30N2O. The summed E-state index contributed by atoms with van der Waals surface area (Å²) < 4.78 is 5.38. The zero-order chi connectivity index (χ0) is 14.8. The van der Waals surface area contributed by atoms with Gasteiger partial charge >= 0.3 is 0 Å². The van der Waals surface area contributed by atoms with Gasteiger partial charge in [-0.15, -0.1) is 0 Å². The normalized spacial score (nSPS) is 11.3. The van der Waals surface area contributed by atoms with Gasteiger partial charge in [-0.05, 0) is 38.4 Å². The summed E-state index contributed by atoms with van der Waals surface area (Å²) in [6.07, 6.45) is 2.58. The van der Waals surface area contributed by atoms with E-state index in [0.717, 1.165) is 37.8 Å².